The number of fused-ring (bicyclic) bond motifs is 1. The minimum atomic E-state index is -4.44. The Bertz CT molecular complexity index is 1320. The van der Waals surface area contributed by atoms with E-state index in [0.717, 1.165) is 0 Å². The van der Waals surface area contributed by atoms with Crippen molar-refractivity contribution in [2.45, 2.75) is 91.1 Å². The first-order chi connectivity index (χ1) is 20.1. The average Bonchev–Trinajstić information content (AvgIpc) is 3.42. The van der Waals surface area contributed by atoms with E-state index in [4.69, 9.17) is 28.0 Å². The van der Waals surface area contributed by atoms with E-state index in [0.29, 0.717) is 11.3 Å². The predicted molar refractivity (Wildman–Crippen MR) is 151 cm³/mol. The number of aliphatic hydroxyl groups is 2. The lowest BCUT2D eigenvalue weighted by Crippen LogP contribution is -2.44. The predicted octanol–water partition coefficient (Wildman–Crippen LogP) is 1.81. The van der Waals surface area contributed by atoms with Crippen LogP contribution in [0.2, 0.25) is 0 Å². The first kappa shape index (κ1) is 34.8. The highest BCUT2D eigenvalue weighted by Gasteiger charge is 2.54. The van der Waals surface area contributed by atoms with Crippen molar-refractivity contribution < 1.29 is 52.4 Å². The van der Waals surface area contributed by atoms with Crippen LogP contribution >= 0.6 is 7.75 Å². The molecule has 16 nitrogen and oxygen atoms in total. The van der Waals surface area contributed by atoms with E-state index in [1.54, 1.807) is 27.7 Å². The summed E-state index contributed by atoms with van der Waals surface area (Å²) in [5.41, 5.74) is -1.29. The average molecular weight is 632 g/mol. The van der Waals surface area contributed by atoms with Crippen LogP contribution in [0.3, 0.4) is 0 Å². The number of rotatable bonds is 15. The van der Waals surface area contributed by atoms with Gasteiger partial charge in [0.1, 0.15) is 29.7 Å². The van der Waals surface area contributed by atoms with Crippen molar-refractivity contribution in [1.29, 1.82) is 0 Å². The molecule has 17 heteroatoms. The number of carbonyl (C=O) groups is 2. The molecule has 0 amide bonds. The molecule has 3 rings (SSSR count). The molecular formula is C26H42N5O11P. The van der Waals surface area contributed by atoms with Crippen LogP contribution in [0.4, 0.5) is 0 Å². The summed E-state index contributed by atoms with van der Waals surface area (Å²) in [6.45, 7) is 10.4. The Hall–Kier alpha value is -2.72. The molecule has 6 atom stereocenters. The van der Waals surface area contributed by atoms with Crippen LogP contribution in [0.1, 0.15) is 60.0 Å². The number of aryl methyl sites for hydroxylation is 1. The Labute approximate surface area is 250 Å². The van der Waals surface area contributed by atoms with Gasteiger partial charge in [-0.1, -0.05) is 13.8 Å². The Morgan fingerprint density at radius 3 is 2.53 bits per heavy atom. The number of nitrogens with zero attached hydrogens (tertiary/aromatic N) is 4. The van der Waals surface area contributed by atoms with Crippen LogP contribution < -0.4 is 9.82 Å². The van der Waals surface area contributed by atoms with Gasteiger partial charge in [-0.2, -0.15) is 4.98 Å². The highest BCUT2D eigenvalue weighted by atomic mass is 31.2. The number of ether oxygens (including phenoxy) is 4. The van der Waals surface area contributed by atoms with Crippen LogP contribution in [0.15, 0.2) is 6.33 Å². The SMILES string of the molecule is CCOC(=O)COP(=O)(N[C@@H](CC(C)C)C(=O)OC(C)C)OC[C@H]1O[C@@H](n2cnc3c(OC)nc(C)nc32)[C@@](C)(O)C1O. The molecule has 3 N–H and O–H groups in total. The van der Waals surface area contributed by atoms with Gasteiger partial charge in [0.15, 0.2) is 24.0 Å². The molecule has 3 heterocycles. The minimum Gasteiger partial charge on any atom is -0.479 e. The fourth-order valence-electron chi connectivity index (χ4n) is 4.49. The number of nitrogens with one attached hydrogen (secondary N) is 1. The number of methoxy groups -OCH3 is 1. The normalized spacial score (nSPS) is 24.3. The van der Waals surface area contributed by atoms with Gasteiger partial charge in [-0.15, -0.1) is 0 Å². The lowest BCUT2D eigenvalue weighted by atomic mass is 9.96. The van der Waals surface area contributed by atoms with E-state index in [9.17, 15) is 24.4 Å². The number of imidazole rings is 1. The topological polar surface area (TPSA) is 203 Å². The number of hydrogen-bond donors (Lipinski definition) is 3. The fourth-order valence-corrected chi connectivity index (χ4v) is 5.92. The first-order valence-electron chi connectivity index (χ1n) is 14.0. The largest absolute Gasteiger partial charge is 0.479 e. The Kier molecular flexibility index (Phi) is 11.6. The van der Waals surface area contributed by atoms with E-state index in [1.165, 1.54) is 24.9 Å². The van der Waals surface area contributed by atoms with Crippen LogP contribution in [-0.4, -0.2) is 98.6 Å². The van der Waals surface area contributed by atoms with Gasteiger partial charge in [-0.05, 0) is 47.0 Å². The van der Waals surface area contributed by atoms with Crippen molar-refractivity contribution in [1.82, 2.24) is 24.6 Å². The summed E-state index contributed by atoms with van der Waals surface area (Å²) in [6.07, 6.45) is -2.87. The Balaban J connectivity index is 1.86. The first-order valence-corrected chi connectivity index (χ1v) is 15.5. The van der Waals surface area contributed by atoms with Crippen molar-refractivity contribution in [2.75, 3.05) is 26.9 Å². The number of aromatic nitrogens is 4. The summed E-state index contributed by atoms with van der Waals surface area (Å²) in [4.78, 5) is 37.7. The molecule has 1 saturated heterocycles. The summed E-state index contributed by atoms with van der Waals surface area (Å²) >= 11 is 0. The molecule has 1 aliphatic rings. The van der Waals surface area contributed by atoms with E-state index in [-0.39, 0.29) is 30.5 Å². The quantitative estimate of drug-likeness (QED) is 0.189. The van der Waals surface area contributed by atoms with Gasteiger partial charge in [0.25, 0.3) is 0 Å². The summed E-state index contributed by atoms with van der Waals surface area (Å²) in [5, 5.41) is 24.9. The van der Waals surface area contributed by atoms with Crippen LogP contribution in [0.25, 0.3) is 11.2 Å². The van der Waals surface area contributed by atoms with E-state index < -0.39 is 69.1 Å². The maximum absolute atomic E-state index is 13.9. The van der Waals surface area contributed by atoms with Gasteiger partial charge in [0.05, 0.1) is 32.8 Å². The minimum absolute atomic E-state index is 0.0253. The van der Waals surface area contributed by atoms with Crippen LogP contribution in [-0.2, 0) is 37.4 Å². The lowest BCUT2D eigenvalue weighted by molar-refractivity contribution is -0.150. The molecule has 1 fully saturated rings. The zero-order valence-corrected chi connectivity index (χ0v) is 26.6. The van der Waals surface area contributed by atoms with Gasteiger partial charge >= 0.3 is 19.7 Å². The third-order valence-electron chi connectivity index (χ3n) is 6.43. The summed E-state index contributed by atoms with van der Waals surface area (Å²) in [7, 11) is -3.01. The van der Waals surface area contributed by atoms with E-state index >= 15 is 0 Å². The van der Waals surface area contributed by atoms with Gasteiger partial charge in [0.2, 0.25) is 5.88 Å². The monoisotopic (exact) mass is 631 g/mol. The van der Waals surface area contributed by atoms with Crippen LogP contribution in [0.5, 0.6) is 5.88 Å². The number of carbonyl (C=O) groups excluding carboxylic acids is 2. The Morgan fingerprint density at radius 1 is 1.23 bits per heavy atom. The zero-order chi connectivity index (χ0) is 32.1. The second-order valence-corrected chi connectivity index (χ2v) is 12.7. The van der Waals surface area contributed by atoms with E-state index in [2.05, 4.69) is 20.0 Å². The highest BCUT2D eigenvalue weighted by molar-refractivity contribution is 7.51. The molecule has 43 heavy (non-hydrogen) atoms. The maximum atomic E-state index is 13.9. The molecule has 0 aromatic carbocycles. The van der Waals surface area contributed by atoms with Crippen molar-refractivity contribution in [2.24, 2.45) is 5.92 Å². The summed E-state index contributed by atoms with van der Waals surface area (Å²) in [5.74, 6) is -0.924. The van der Waals surface area contributed by atoms with E-state index in [1.807, 2.05) is 13.8 Å². The zero-order valence-electron chi connectivity index (χ0n) is 25.7. The fraction of sp³-hybridized carbons (Fsp3) is 0.731. The van der Waals surface area contributed by atoms with Crippen molar-refractivity contribution >= 4 is 30.8 Å². The molecular weight excluding hydrogens is 589 g/mol. The van der Waals surface area contributed by atoms with Crippen LogP contribution in [0, 0.1) is 12.8 Å². The van der Waals surface area contributed by atoms with Crippen molar-refractivity contribution in [3.05, 3.63) is 12.2 Å². The smallest absolute Gasteiger partial charge is 0.406 e. The molecule has 2 aromatic heterocycles. The molecule has 0 spiro atoms. The molecule has 0 saturated carbocycles. The van der Waals surface area contributed by atoms with Crippen molar-refractivity contribution in [3.63, 3.8) is 0 Å². The molecule has 0 bridgehead atoms. The van der Waals surface area contributed by atoms with Crippen molar-refractivity contribution in [3.8, 4) is 5.88 Å². The maximum Gasteiger partial charge on any atom is 0.406 e. The van der Waals surface area contributed by atoms with Gasteiger partial charge in [0, 0.05) is 0 Å². The van der Waals surface area contributed by atoms with Gasteiger partial charge in [-0.25, -0.2) is 24.4 Å². The molecule has 242 valence electrons. The number of esters is 2. The standard InChI is InChI=1S/C26H42N5O11P/c1-9-38-19(32)12-40-43(36,30-17(10-14(2)3)24(34)41-15(4)5)39-11-18-21(33)26(7,35)25(42-18)31-13-27-20-22(31)28-16(6)29-23(20)37-8/h13-15,17-18,21,25,33,35H,9-12H2,1-8H3,(H,30,36)/t17-,18+,21?,25+,26-,43?/m0/s1. The third-order valence-corrected chi connectivity index (χ3v) is 8.01. The number of hydrogen-bond acceptors (Lipinski definition) is 14. The lowest BCUT2D eigenvalue weighted by Gasteiger charge is -2.28. The molecule has 0 aliphatic carbocycles. The summed E-state index contributed by atoms with van der Waals surface area (Å²) in [6, 6.07) is -1.11. The molecule has 2 unspecified atom stereocenters. The highest BCUT2D eigenvalue weighted by Crippen LogP contribution is 2.47. The third kappa shape index (κ3) is 8.47. The van der Waals surface area contributed by atoms with Gasteiger partial charge in [-0.3, -0.25) is 18.4 Å². The molecule has 0 radical (unpaired) electrons. The molecule has 2 aromatic rings. The summed E-state index contributed by atoms with van der Waals surface area (Å²) < 4.78 is 47.7. The van der Waals surface area contributed by atoms with Gasteiger partial charge < -0.3 is 29.2 Å². The molecule has 1 aliphatic heterocycles. The Morgan fingerprint density at radius 2 is 1.93 bits per heavy atom. The second-order valence-electron chi connectivity index (χ2n) is 11.0. The number of aliphatic hydroxyl groups excluding tert-OH is 1. The second kappa shape index (κ2) is 14.4.